The summed E-state index contributed by atoms with van der Waals surface area (Å²) < 4.78 is 7.04. The van der Waals surface area contributed by atoms with Gasteiger partial charge in [0.15, 0.2) is 0 Å². The molecule has 2 aromatic rings. The van der Waals surface area contributed by atoms with Gasteiger partial charge < -0.3 is 4.74 Å². The number of unbranched alkanes of at least 4 members (excludes halogenated alkanes) is 18. The number of rotatable bonds is 26. The van der Waals surface area contributed by atoms with Crippen molar-refractivity contribution in [3.8, 4) is 5.75 Å². The number of carbonyl (C=O) groups excluding carboxylic acids is 1. The fourth-order valence-corrected chi connectivity index (χ4v) is 9.73. The number of hydrogen-bond donors (Lipinski definition) is 0. The molecule has 3 heteroatoms. The van der Waals surface area contributed by atoms with Crippen LogP contribution in [0.2, 0.25) is 0 Å². The summed E-state index contributed by atoms with van der Waals surface area (Å²) in [5.41, 5.74) is 9.71. The number of Topliss-reactive ketones (excluding diaryl/α,β-unsaturated/α-hetero) is 1. The number of hydrogen-bond acceptors (Lipinski definition) is 3. The van der Waals surface area contributed by atoms with Crippen molar-refractivity contribution in [3.05, 3.63) is 105 Å². The zero-order valence-corrected chi connectivity index (χ0v) is 34.8. The fraction of sp³-hybridized carbons (Fsp3) is 0.580. The Kier molecular flexibility index (Phi) is 17.1. The maximum absolute atomic E-state index is 14.8. The van der Waals surface area contributed by atoms with E-state index in [2.05, 4.69) is 88.4 Å². The Labute approximate surface area is 328 Å². The van der Waals surface area contributed by atoms with E-state index in [1.807, 2.05) is 0 Å². The molecule has 288 valence electrons. The summed E-state index contributed by atoms with van der Waals surface area (Å²) in [6.07, 6.45) is 35.5. The lowest BCUT2D eigenvalue weighted by Gasteiger charge is -2.37. The predicted molar refractivity (Wildman–Crippen MR) is 229 cm³/mol. The van der Waals surface area contributed by atoms with Gasteiger partial charge in [-0.1, -0.05) is 189 Å². The number of ketones is 1. The summed E-state index contributed by atoms with van der Waals surface area (Å²) in [5, 5.41) is 0. The normalized spacial score (nSPS) is 18.1. The van der Waals surface area contributed by atoms with Crippen molar-refractivity contribution in [1.82, 2.24) is 0 Å². The van der Waals surface area contributed by atoms with Gasteiger partial charge in [-0.25, -0.2) is 0 Å². The second-order valence-corrected chi connectivity index (χ2v) is 17.7. The summed E-state index contributed by atoms with van der Waals surface area (Å²) in [7, 11) is 0. The molecule has 0 fully saturated rings. The minimum absolute atomic E-state index is 0.0860. The molecule has 0 heterocycles. The number of aryl methyl sites for hydroxylation is 2. The SMILES string of the molecule is CCCCCCCCCCCCc1ccc(OC2(Sc3ccc(CCCCCCCCCCCC)cc3)C(=O)C3=C(CC(C)=C3)C3=C2C=C(C)C3)cc1. The molecule has 5 rings (SSSR count). The van der Waals surface area contributed by atoms with Gasteiger partial charge in [-0.15, -0.1) is 0 Å². The third kappa shape index (κ3) is 12.1. The van der Waals surface area contributed by atoms with E-state index in [0.717, 1.165) is 47.5 Å². The molecular weight excluding hydrogens is 665 g/mol. The molecule has 0 radical (unpaired) electrons. The second-order valence-electron chi connectivity index (χ2n) is 16.4. The average Bonchev–Trinajstić information content (AvgIpc) is 3.76. The van der Waals surface area contributed by atoms with Crippen molar-refractivity contribution in [1.29, 1.82) is 0 Å². The van der Waals surface area contributed by atoms with E-state index in [1.165, 1.54) is 162 Å². The summed E-state index contributed by atoms with van der Waals surface area (Å²) in [6.45, 7) is 8.92. The van der Waals surface area contributed by atoms with Crippen molar-refractivity contribution in [2.24, 2.45) is 0 Å². The molecular formula is C50H70O2S. The Bertz CT molecular complexity index is 1500. The van der Waals surface area contributed by atoms with E-state index in [-0.39, 0.29) is 5.78 Å². The largest absolute Gasteiger partial charge is 0.464 e. The van der Waals surface area contributed by atoms with Crippen LogP contribution in [0.4, 0.5) is 0 Å². The van der Waals surface area contributed by atoms with Gasteiger partial charge in [0.1, 0.15) is 5.75 Å². The van der Waals surface area contributed by atoms with Gasteiger partial charge in [-0.2, -0.15) is 0 Å². The number of allylic oxidation sites excluding steroid dienone is 5. The molecule has 0 spiro atoms. The number of benzene rings is 2. The molecule has 0 saturated heterocycles. The third-order valence-corrected chi connectivity index (χ3v) is 12.9. The number of fused-ring (bicyclic) bond motifs is 1. The summed E-state index contributed by atoms with van der Waals surface area (Å²) >= 11 is 1.59. The monoisotopic (exact) mass is 735 g/mol. The Morgan fingerprint density at radius 2 is 0.981 bits per heavy atom. The molecule has 0 amide bonds. The van der Waals surface area contributed by atoms with Gasteiger partial charge in [0.05, 0.1) is 0 Å². The van der Waals surface area contributed by atoms with Crippen molar-refractivity contribution in [2.75, 3.05) is 0 Å². The third-order valence-electron chi connectivity index (χ3n) is 11.6. The summed E-state index contributed by atoms with van der Waals surface area (Å²) in [6, 6.07) is 17.6. The lowest BCUT2D eigenvalue weighted by Crippen LogP contribution is -2.46. The molecule has 0 saturated carbocycles. The highest BCUT2D eigenvalue weighted by Crippen LogP contribution is 2.54. The van der Waals surface area contributed by atoms with Crippen LogP contribution in [0.5, 0.6) is 5.75 Å². The number of thioether (sulfide) groups is 1. The minimum Gasteiger partial charge on any atom is -0.464 e. The fourth-order valence-electron chi connectivity index (χ4n) is 8.49. The van der Waals surface area contributed by atoms with Crippen LogP contribution in [0.15, 0.2) is 99.0 Å². The van der Waals surface area contributed by atoms with E-state index in [1.54, 1.807) is 11.8 Å². The van der Waals surface area contributed by atoms with Crippen molar-refractivity contribution in [2.45, 2.75) is 192 Å². The highest BCUT2D eigenvalue weighted by molar-refractivity contribution is 8.01. The first-order valence-electron chi connectivity index (χ1n) is 21.9. The van der Waals surface area contributed by atoms with Gasteiger partial charge in [-0.3, -0.25) is 4.79 Å². The van der Waals surface area contributed by atoms with Crippen molar-refractivity contribution in [3.63, 3.8) is 0 Å². The summed E-state index contributed by atoms with van der Waals surface area (Å²) in [5.74, 6) is 0.853. The van der Waals surface area contributed by atoms with E-state index in [0.29, 0.717) is 0 Å². The van der Waals surface area contributed by atoms with Crippen molar-refractivity contribution >= 4 is 17.5 Å². The molecule has 2 aromatic carbocycles. The van der Waals surface area contributed by atoms with Gasteiger partial charge in [-0.05, 0) is 98.9 Å². The lowest BCUT2D eigenvalue weighted by molar-refractivity contribution is -0.122. The Morgan fingerprint density at radius 3 is 1.49 bits per heavy atom. The molecule has 53 heavy (non-hydrogen) atoms. The van der Waals surface area contributed by atoms with E-state index in [9.17, 15) is 4.79 Å². The van der Waals surface area contributed by atoms with Gasteiger partial charge in [0.2, 0.25) is 10.7 Å². The van der Waals surface area contributed by atoms with E-state index < -0.39 is 4.93 Å². The molecule has 0 aliphatic heterocycles. The Morgan fingerprint density at radius 1 is 0.547 bits per heavy atom. The molecule has 3 aliphatic carbocycles. The maximum Gasteiger partial charge on any atom is 0.247 e. The van der Waals surface area contributed by atoms with Crippen LogP contribution < -0.4 is 4.74 Å². The Balaban J connectivity index is 1.20. The van der Waals surface area contributed by atoms with Crippen LogP contribution in [0.25, 0.3) is 0 Å². The first-order valence-corrected chi connectivity index (χ1v) is 22.7. The average molecular weight is 735 g/mol. The minimum atomic E-state index is -1.15. The smallest absolute Gasteiger partial charge is 0.247 e. The van der Waals surface area contributed by atoms with Crippen LogP contribution in [0.1, 0.15) is 180 Å². The first kappa shape index (κ1) is 41.4. The number of ether oxygens (including phenoxy) is 1. The lowest BCUT2D eigenvalue weighted by atomic mass is 9.84. The van der Waals surface area contributed by atoms with Crippen LogP contribution in [0, 0.1) is 0 Å². The maximum atomic E-state index is 14.8. The van der Waals surface area contributed by atoms with Crippen LogP contribution in [-0.2, 0) is 17.6 Å². The highest BCUT2D eigenvalue weighted by Gasteiger charge is 2.53. The predicted octanol–water partition coefficient (Wildman–Crippen LogP) is 15.4. The zero-order valence-electron chi connectivity index (χ0n) is 34.0. The van der Waals surface area contributed by atoms with E-state index in [4.69, 9.17) is 4.74 Å². The standard InChI is InChI=1S/C50H70O2S/c1-5-7-9-11-13-15-17-19-21-23-25-41-27-31-43(32-28-41)52-50(48-38-40(4)36-46(48)45-35-39(3)37-47(45)49(50)51)53-44-33-29-42(30-34-44)26-24-22-20-18-16-14-12-10-8-6-2/h27-34,37-38H,5-26,35-36H2,1-4H3. The van der Waals surface area contributed by atoms with Crippen LogP contribution in [-0.4, -0.2) is 10.7 Å². The quantitative estimate of drug-likeness (QED) is 0.0711. The molecule has 1 unspecified atom stereocenters. The van der Waals surface area contributed by atoms with Crippen LogP contribution in [0.3, 0.4) is 0 Å². The highest BCUT2D eigenvalue weighted by atomic mass is 32.2. The molecule has 0 bridgehead atoms. The van der Waals surface area contributed by atoms with E-state index >= 15 is 0 Å². The first-order chi connectivity index (χ1) is 25.9. The number of carbonyl (C=O) groups is 1. The second kappa shape index (κ2) is 21.9. The molecule has 3 aliphatic rings. The zero-order chi connectivity index (χ0) is 37.3. The van der Waals surface area contributed by atoms with Gasteiger partial charge in [0.25, 0.3) is 0 Å². The molecule has 2 nitrogen and oxygen atoms in total. The molecule has 0 aromatic heterocycles. The van der Waals surface area contributed by atoms with Gasteiger partial charge >= 0.3 is 0 Å². The van der Waals surface area contributed by atoms with Crippen LogP contribution >= 0.6 is 11.8 Å². The topological polar surface area (TPSA) is 26.3 Å². The van der Waals surface area contributed by atoms with Gasteiger partial charge in [0, 0.05) is 16.0 Å². The molecule has 1 atom stereocenters. The molecule has 0 N–H and O–H groups in total. The summed E-state index contributed by atoms with van der Waals surface area (Å²) in [4.78, 5) is 14.7. The van der Waals surface area contributed by atoms with Crippen molar-refractivity contribution < 1.29 is 9.53 Å². The Hall–Kier alpha value is -2.78.